The van der Waals surface area contributed by atoms with Crippen molar-refractivity contribution in [2.24, 2.45) is 0 Å². The first-order valence-electron chi connectivity index (χ1n) is 6.34. The van der Waals surface area contributed by atoms with Gasteiger partial charge in [0.05, 0.1) is 21.5 Å². The van der Waals surface area contributed by atoms with Gasteiger partial charge in [-0.25, -0.2) is 9.97 Å². The van der Waals surface area contributed by atoms with Crippen LogP contribution >= 0.6 is 0 Å². The van der Waals surface area contributed by atoms with Gasteiger partial charge in [-0.15, -0.1) is 0 Å². The summed E-state index contributed by atoms with van der Waals surface area (Å²) in [5.74, 6) is 0.181. The van der Waals surface area contributed by atoms with Gasteiger partial charge in [0.2, 0.25) is 0 Å². The molecule has 0 aliphatic rings. The number of hydrogen-bond acceptors (Lipinski definition) is 5. The van der Waals surface area contributed by atoms with Crippen molar-refractivity contribution in [1.29, 1.82) is 0 Å². The number of para-hydroxylation sites is 1. The van der Waals surface area contributed by atoms with Crippen LogP contribution in [-0.2, 0) is 0 Å². The van der Waals surface area contributed by atoms with Gasteiger partial charge in [-0.3, -0.25) is 10.1 Å². The Morgan fingerprint density at radius 1 is 1.10 bits per heavy atom. The fourth-order valence-corrected chi connectivity index (χ4v) is 2.21. The third-order valence-corrected chi connectivity index (χ3v) is 3.20. The lowest BCUT2D eigenvalue weighted by Crippen LogP contribution is -2.01. The quantitative estimate of drug-likeness (QED) is 0.575. The van der Waals surface area contributed by atoms with Gasteiger partial charge in [0, 0.05) is 6.07 Å². The molecule has 0 spiro atoms. The Bertz CT molecular complexity index is 861. The average molecular weight is 280 g/mol. The zero-order chi connectivity index (χ0) is 15.0. The highest BCUT2D eigenvalue weighted by atomic mass is 16.6. The molecular weight excluding hydrogens is 268 g/mol. The van der Waals surface area contributed by atoms with E-state index in [-0.39, 0.29) is 11.5 Å². The van der Waals surface area contributed by atoms with E-state index in [9.17, 15) is 10.1 Å². The molecule has 104 valence electrons. The highest BCUT2D eigenvalue weighted by Crippen LogP contribution is 2.32. The van der Waals surface area contributed by atoms with Crippen LogP contribution in [0.3, 0.4) is 0 Å². The summed E-state index contributed by atoms with van der Waals surface area (Å²) in [6, 6.07) is 12.0. The van der Waals surface area contributed by atoms with Crippen LogP contribution in [0.25, 0.3) is 22.3 Å². The first-order valence-corrected chi connectivity index (χ1v) is 6.34. The van der Waals surface area contributed by atoms with Gasteiger partial charge in [-0.1, -0.05) is 18.2 Å². The van der Waals surface area contributed by atoms with E-state index in [1.54, 1.807) is 18.2 Å². The second kappa shape index (κ2) is 4.82. The summed E-state index contributed by atoms with van der Waals surface area (Å²) >= 11 is 0. The Morgan fingerprint density at radius 2 is 1.86 bits per heavy atom. The summed E-state index contributed by atoms with van der Waals surface area (Å²) in [4.78, 5) is 19.4. The first kappa shape index (κ1) is 13.0. The average Bonchev–Trinajstić information content (AvgIpc) is 2.47. The Kier molecular flexibility index (Phi) is 2.98. The standard InChI is InChI=1S/C15H12N4O2/c1-9-6-7-11-12(8-9)17-14(15(16)18-11)10-4-2-3-5-13(10)19(20)21/h2-8H,1H3,(H2,16,18). The summed E-state index contributed by atoms with van der Waals surface area (Å²) in [6.45, 7) is 1.95. The molecule has 0 saturated carbocycles. The van der Waals surface area contributed by atoms with Gasteiger partial charge in [0.15, 0.2) is 5.82 Å². The lowest BCUT2D eigenvalue weighted by Gasteiger charge is -2.07. The Balaban J connectivity index is 2.30. The minimum atomic E-state index is -0.448. The molecule has 0 radical (unpaired) electrons. The topological polar surface area (TPSA) is 94.9 Å². The van der Waals surface area contributed by atoms with E-state index in [1.807, 2.05) is 25.1 Å². The summed E-state index contributed by atoms with van der Waals surface area (Å²) in [5.41, 5.74) is 8.97. The monoisotopic (exact) mass is 280 g/mol. The Morgan fingerprint density at radius 3 is 2.62 bits per heavy atom. The predicted octanol–water partition coefficient (Wildman–Crippen LogP) is 3.10. The molecule has 21 heavy (non-hydrogen) atoms. The van der Waals surface area contributed by atoms with Gasteiger partial charge in [-0.05, 0) is 30.7 Å². The van der Waals surface area contributed by atoms with Crippen molar-refractivity contribution < 1.29 is 4.92 Å². The molecule has 0 aliphatic heterocycles. The van der Waals surface area contributed by atoms with E-state index >= 15 is 0 Å². The van der Waals surface area contributed by atoms with Crippen LogP contribution < -0.4 is 5.73 Å². The van der Waals surface area contributed by atoms with Crippen LogP contribution in [0.2, 0.25) is 0 Å². The third kappa shape index (κ3) is 2.27. The molecule has 0 aliphatic carbocycles. The number of aryl methyl sites for hydroxylation is 1. The zero-order valence-electron chi connectivity index (χ0n) is 11.3. The van der Waals surface area contributed by atoms with E-state index in [0.717, 1.165) is 5.56 Å². The van der Waals surface area contributed by atoms with Crippen LogP contribution in [0.5, 0.6) is 0 Å². The van der Waals surface area contributed by atoms with Crippen LogP contribution in [0.1, 0.15) is 5.56 Å². The summed E-state index contributed by atoms with van der Waals surface area (Å²) in [6.07, 6.45) is 0. The van der Waals surface area contributed by atoms with Crippen molar-refractivity contribution in [1.82, 2.24) is 9.97 Å². The fourth-order valence-electron chi connectivity index (χ4n) is 2.21. The van der Waals surface area contributed by atoms with Gasteiger partial charge in [-0.2, -0.15) is 0 Å². The van der Waals surface area contributed by atoms with Gasteiger partial charge < -0.3 is 5.73 Å². The van der Waals surface area contributed by atoms with Crippen LogP contribution in [0, 0.1) is 17.0 Å². The number of nitrogen functional groups attached to an aromatic ring is 1. The number of nitrogens with two attached hydrogens (primary N) is 1. The fraction of sp³-hybridized carbons (Fsp3) is 0.0667. The minimum Gasteiger partial charge on any atom is -0.382 e. The molecule has 2 aromatic carbocycles. The number of nitro groups is 1. The normalized spacial score (nSPS) is 10.7. The van der Waals surface area contributed by atoms with Gasteiger partial charge in [0.25, 0.3) is 5.69 Å². The van der Waals surface area contributed by atoms with Gasteiger partial charge in [0.1, 0.15) is 5.69 Å². The SMILES string of the molecule is Cc1ccc2nc(N)c(-c3ccccc3[N+](=O)[O-])nc2c1. The number of anilines is 1. The second-order valence-electron chi connectivity index (χ2n) is 4.72. The van der Waals surface area contributed by atoms with Crippen molar-refractivity contribution in [3.8, 4) is 11.3 Å². The van der Waals surface area contributed by atoms with Crippen LogP contribution in [0.4, 0.5) is 11.5 Å². The molecule has 3 rings (SSSR count). The number of fused-ring (bicyclic) bond motifs is 1. The third-order valence-electron chi connectivity index (χ3n) is 3.20. The van der Waals surface area contributed by atoms with E-state index in [1.165, 1.54) is 6.07 Å². The summed E-state index contributed by atoms with van der Waals surface area (Å²) in [5, 5.41) is 11.1. The van der Waals surface area contributed by atoms with Crippen molar-refractivity contribution in [3.05, 3.63) is 58.1 Å². The molecular formula is C15H12N4O2. The van der Waals surface area contributed by atoms with E-state index < -0.39 is 4.92 Å². The van der Waals surface area contributed by atoms with Crippen LogP contribution in [0.15, 0.2) is 42.5 Å². The van der Waals surface area contributed by atoms with E-state index in [2.05, 4.69) is 9.97 Å². The zero-order valence-corrected chi connectivity index (χ0v) is 11.3. The Hall–Kier alpha value is -3.02. The largest absolute Gasteiger partial charge is 0.382 e. The number of hydrogen-bond donors (Lipinski definition) is 1. The summed E-state index contributed by atoms with van der Waals surface area (Å²) < 4.78 is 0. The van der Waals surface area contributed by atoms with Crippen molar-refractivity contribution in [3.63, 3.8) is 0 Å². The molecule has 0 saturated heterocycles. The number of rotatable bonds is 2. The molecule has 0 amide bonds. The number of nitro benzene ring substituents is 1. The Labute approximate surface area is 120 Å². The van der Waals surface area contributed by atoms with Gasteiger partial charge >= 0.3 is 0 Å². The number of benzene rings is 2. The molecule has 6 heteroatoms. The van der Waals surface area contributed by atoms with Crippen molar-refractivity contribution in [2.75, 3.05) is 5.73 Å². The second-order valence-corrected chi connectivity index (χ2v) is 4.72. The molecule has 0 atom stereocenters. The van der Waals surface area contributed by atoms with Crippen LogP contribution in [-0.4, -0.2) is 14.9 Å². The van der Waals surface area contributed by atoms with E-state index in [0.29, 0.717) is 22.3 Å². The predicted molar refractivity (Wildman–Crippen MR) is 80.8 cm³/mol. The molecule has 0 unspecified atom stereocenters. The smallest absolute Gasteiger partial charge is 0.278 e. The van der Waals surface area contributed by atoms with Crippen molar-refractivity contribution >= 4 is 22.5 Å². The maximum Gasteiger partial charge on any atom is 0.278 e. The molecule has 0 bridgehead atoms. The maximum atomic E-state index is 11.1. The minimum absolute atomic E-state index is 0.0366. The lowest BCUT2D eigenvalue weighted by molar-refractivity contribution is -0.384. The molecule has 1 heterocycles. The first-order chi connectivity index (χ1) is 10.1. The highest BCUT2D eigenvalue weighted by Gasteiger charge is 2.18. The number of aromatic nitrogens is 2. The molecule has 1 aromatic heterocycles. The molecule has 0 fully saturated rings. The molecule has 3 aromatic rings. The molecule has 2 N–H and O–H groups in total. The van der Waals surface area contributed by atoms with E-state index in [4.69, 9.17) is 5.73 Å². The lowest BCUT2D eigenvalue weighted by atomic mass is 10.1. The van der Waals surface area contributed by atoms with Crippen molar-refractivity contribution in [2.45, 2.75) is 6.92 Å². The summed E-state index contributed by atoms with van der Waals surface area (Å²) in [7, 11) is 0. The maximum absolute atomic E-state index is 11.1. The molecule has 6 nitrogen and oxygen atoms in total. The highest BCUT2D eigenvalue weighted by molar-refractivity contribution is 5.85. The number of nitrogens with zero attached hydrogens (tertiary/aromatic N) is 3.